The molecule has 2 aromatic rings. The van der Waals surface area contributed by atoms with E-state index in [1.165, 1.54) is 18.5 Å². The van der Waals surface area contributed by atoms with Gasteiger partial charge in [0.05, 0.1) is 36.6 Å². The first-order chi connectivity index (χ1) is 11.7. The third kappa shape index (κ3) is 2.47. The smallest absolute Gasteiger partial charge is 0.201 e. The minimum Gasteiger partial charge on any atom is -0.494 e. The summed E-state index contributed by atoms with van der Waals surface area (Å²) >= 11 is 0. The summed E-state index contributed by atoms with van der Waals surface area (Å²) in [5.41, 5.74) is 4.01. The van der Waals surface area contributed by atoms with Gasteiger partial charge in [-0.15, -0.1) is 0 Å². The van der Waals surface area contributed by atoms with Gasteiger partial charge < -0.3 is 19.3 Å². The van der Waals surface area contributed by atoms with Crippen molar-refractivity contribution in [1.82, 2.24) is 4.57 Å². The lowest BCUT2D eigenvalue weighted by Crippen LogP contribution is -2.19. The van der Waals surface area contributed by atoms with Gasteiger partial charge in [0.2, 0.25) is 5.88 Å². The molecule has 5 nitrogen and oxygen atoms in total. The molecule has 0 radical (unpaired) electrons. The van der Waals surface area contributed by atoms with E-state index >= 15 is 0 Å². The highest BCUT2D eigenvalue weighted by Crippen LogP contribution is 2.37. The summed E-state index contributed by atoms with van der Waals surface area (Å²) in [6, 6.07) is 6.71. The second-order valence-corrected chi connectivity index (χ2v) is 6.94. The Bertz CT molecular complexity index is 785. The minimum absolute atomic E-state index is 0.184. The highest BCUT2D eigenvalue weighted by molar-refractivity contribution is 6.14. The summed E-state index contributed by atoms with van der Waals surface area (Å²) in [5.74, 6) is 0.308. The molecule has 2 aliphatic rings. The van der Waals surface area contributed by atoms with Gasteiger partial charge in [-0.2, -0.15) is 0 Å². The molecule has 0 bridgehead atoms. The van der Waals surface area contributed by atoms with E-state index in [-0.39, 0.29) is 6.04 Å². The summed E-state index contributed by atoms with van der Waals surface area (Å²) < 4.78 is 7.57. The van der Waals surface area contributed by atoms with E-state index < -0.39 is 0 Å². The molecular weight excluding hydrogens is 302 g/mol. The van der Waals surface area contributed by atoms with Crippen LogP contribution < -0.4 is 4.90 Å². The predicted octanol–water partition coefficient (Wildman–Crippen LogP) is 3.35. The average Bonchev–Trinajstić information content (AvgIpc) is 3.20. The summed E-state index contributed by atoms with van der Waals surface area (Å²) in [4.78, 5) is 7.04. The number of rotatable bonds is 3. The first-order valence-corrected chi connectivity index (χ1v) is 8.90. The zero-order valence-corrected chi connectivity index (χ0v) is 14.5. The zero-order chi connectivity index (χ0) is 16.7. The maximum Gasteiger partial charge on any atom is 0.201 e. The Balaban J connectivity index is 1.92. The van der Waals surface area contributed by atoms with Crippen molar-refractivity contribution in [3.8, 4) is 5.88 Å². The molecule has 1 fully saturated rings. The standard InChI is InChI=1S/C19H25N3O2/c1-13(2)22-17-6-5-14(21-8-3-4-9-21)11-15(17)18(19(22)23)16-12-24-10-7-20-16/h5-6,11,13,23H,3-4,7-10,12H2,1-2H3. The Morgan fingerprint density at radius 2 is 2.00 bits per heavy atom. The largest absolute Gasteiger partial charge is 0.494 e. The Kier molecular flexibility index (Phi) is 3.96. The van der Waals surface area contributed by atoms with Crippen molar-refractivity contribution in [2.75, 3.05) is 37.7 Å². The first kappa shape index (κ1) is 15.5. The van der Waals surface area contributed by atoms with Gasteiger partial charge in [0.15, 0.2) is 0 Å². The maximum atomic E-state index is 10.9. The van der Waals surface area contributed by atoms with Crippen LogP contribution in [0.3, 0.4) is 0 Å². The molecule has 3 heterocycles. The Morgan fingerprint density at radius 3 is 2.67 bits per heavy atom. The number of hydrogen-bond acceptors (Lipinski definition) is 4. The molecule has 128 valence electrons. The fourth-order valence-electron chi connectivity index (χ4n) is 3.88. The molecule has 1 saturated heterocycles. The topological polar surface area (TPSA) is 50.0 Å². The van der Waals surface area contributed by atoms with E-state index in [0.29, 0.717) is 25.6 Å². The van der Waals surface area contributed by atoms with Crippen molar-refractivity contribution < 1.29 is 9.84 Å². The lowest BCUT2D eigenvalue weighted by atomic mass is 10.1. The van der Waals surface area contributed by atoms with Crippen LogP contribution in [0.4, 0.5) is 5.69 Å². The van der Waals surface area contributed by atoms with Crippen molar-refractivity contribution in [2.24, 2.45) is 4.99 Å². The molecule has 0 unspecified atom stereocenters. The van der Waals surface area contributed by atoms with Crippen LogP contribution in [0.2, 0.25) is 0 Å². The lowest BCUT2D eigenvalue weighted by molar-refractivity contribution is 0.171. The molecule has 0 aliphatic carbocycles. The minimum atomic E-state index is 0.184. The number of aromatic hydroxyl groups is 1. The Morgan fingerprint density at radius 1 is 1.21 bits per heavy atom. The number of fused-ring (bicyclic) bond motifs is 1. The van der Waals surface area contributed by atoms with Crippen LogP contribution in [0.1, 0.15) is 38.3 Å². The van der Waals surface area contributed by atoms with Gasteiger partial charge in [-0.25, -0.2) is 0 Å². The van der Waals surface area contributed by atoms with Gasteiger partial charge in [-0.3, -0.25) is 4.99 Å². The first-order valence-electron chi connectivity index (χ1n) is 8.90. The van der Waals surface area contributed by atoms with Gasteiger partial charge in [0, 0.05) is 30.2 Å². The molecule has 1 aromatic heterocycles. The van der Waals surface area contributed by atoms with E-state index in [0.717, 1.165) is 35.3 Å². The van der Waals surface area contributed by atoms with E-state index in [1.807, 2.05) is 4.57 Å². The lowest BCUT2D eigenvalue weighted by Gasteiger charge is -2.18. The van der Waals surface area contributed by atoms with Gasteiger partial charge in [0.1, 0.15) is 0 Å². The highest BCUT2D eigenvalue weighted by atomic mass is 16.5. The van der Waals surface area contributed by atoms with Crippen LogP contribution in [0.5, 0.6) is 5.88 Å². The molecular formula is C19H25N3O2. The third-order valence-electron chi connectivity index (χ3n) is 5.01. The summed E-state index contributed by atoms with van der Waals surface area (Å²) in [6.45, 7) is 8.20. The van der Waals surface area contributed by atoms with E-state index in [1.54, 1.807) is 0 Å². The van der Waals surface area contributed by atoms with Crippen LogP contribution in [-0.2, 0) is 4.74 Å². The second-order valence-electron chi connectivity index (χ2n) is 6.94. The fraction of sp³-hybridized carbons (Fsp3) is 0.526. The van der Waals surface area contributed by atoms with Crippen LogP contribution in [0.25, 0.3) is 10.9 Å². The second kappa shape index (κ2) is 6.13. The summed E-state index contributed by atoms with van der Waals surface area (Å²) in [6.07, 6.45) is 2.51. The Hall–Kier alpha value is -2.01. The molecule has 0 spiro atoms. The molecule has 0 amide bonds. The van der Waals surface area contributed by atoms with Gasteiger partial charge in [-0.05, 0) is 44.9 Å². The molecule has 0 atom stereocenters. The van der Waals surface area contributed by atoms with Gasteiger partial charge in [0.25, 0.3) is 0 Å². The molecule has 0 saturated carbocycles. The zero-order valence-electron chi connectivity index (χ0n) is 14.5. The molecule has 24 heavy (non-hydrogen) atoms. The molecule has 4 rings (SSSR count). The SMILES string of the molecule is CC(C)n1c(O)c(C2=NCCOC2)c2cc(N3CCCC3)ccc21. The highest BCUT2D eigenvalue weighted by Gasteiger charge is 2.24. The van der Waals surface area contributed by atoms with Gasteiger partial charge >= 0.3 is 0 Å². The number of hydrogen-bond donors (Lipinski definition) is 1. The van der Waals surface area contributed by atoms with Gasteiger partial charge in [-0.1, -0.05) is 0 Å². The number of ether oxygens (including phenoxy) is 1. The van der Waals surface area contributed by atoms with Crippen LogP contribution in [0.15, 0.2) is 23.2 Å². The van der Waals surface area contributed by atoms with E-state index in [2.05, 4.69) is 41.9 Å². The number of aliphatic imine (C=N–C) groups is 1. The number of nitrogens with zero attached hydrogens (tertiary/aromatic N) is 3. The third-order valence-corrected chi connectivity index (χ3v) is 5.01. The number of benzene rings is 1. The number of aromatic nitrogens is 1. The normalized spacial score (nSPS) is 18.6. The number of anilines is 1. The van der Waals surface area contributed by atoms with Crippen molar-refractivity contribution >= 4 is 22.3 Å². The van der Waals surface area contributed by atoms with Crippen LogP contribution in [0, 0.1) is 0 Å². The fourth-order valence-corrected chi connectivity index (χ4v) is 3.88. The molecule has 5 heteroatoms. The van der Waals surface area contributed by atoms with Crippen LogP contribution >= 0.6 is 0 Å². The van der Waals surface area contributed by atoms with Crippen molar-refractivity contribution in [3.63, 3.8) is 0 Å². The van der Waals surface area contributed by atoms with E-state index in [9.17, 15) is 5.11 Å². The summed E-state index contributed by atoms with van der Waals surface area (Å²) in [5, 5.41) is 12.0. The molecule has 1 aromatic carbocycles. The maximum absolute atomic E-state index is 10.9. The Labute approximate surface area is 142 Å². The monoisotopic (exact) mass is 327 g/mol. The van der Waals surface area contributed by atoms with Crippen molar-refractivity contribution in [3.05, 3.63) is 23.8 Å². The molecule has 2 aliphatic heterocycles. The predicted molar refractivity (Wildman–Crippen MR) is 97.7 cm³/mol. The van der Waals surface area contributed by atoms with Crippen molar-refractivity contribution in [1.29, 1.82) is 0 Å². The van der Waals surface area contributed by atoms with Crippen molar-refractivity contribution in [2.45, 2.75) is 32.7 Å². The summed E-state index contributed by atoms with van der Waals surface area (Å²) in [7, 11) is 0. The van der Waals surface area contributed by atoms with Crippen LogP contribution in [-0.4, -0.2) is 48.2 Å². The average molecular weight is 327 g/mol. The van der Waals surface area contributed by atoms with E-state index in [4.69, 9.17) is 4.74 Å². The molecule has 1 N–H and O–H groups in total. The quantitative estimate of drug-likeness (QED) is 0.940.